The van der Waals surface area contributed by atoms with Crippen LogP contribution in [0.5, 0.6) is 0 Å². The van der Waals surface area contributed by atoms with E-state index in [1.165, 1.54) is 0 Å². The molecule has 1 heterocycles. The van der Waals surface area contributed by atoms with Gasteiger partial charge in [0.2, 0.25) is 11.8 Å². The molecular formula is C21H30N2O4. The summed E-state index contributed by atoms with van der Waals surface area (Å²) in [5.41, 5.74) is 2.65. The molecule has 0 aromatic heterocycles. The van der Waals surface area contributed by atoms with Crippen LogP contribution in [0.25, 0.3) is 0 Å². The van der Waals surface area contributed by atoms with Crippen molar-refractivity contribution in [2.24, 2.45) is 0 Å². The lowest BCUT2D eigenvalue weighted by Gasteiger charge is -2.17. The zero-order valence-electron chi connectivity index (χ0n) is 16.1. The van der Waals surface area contributed by atoms with Gasteiger partial charge in [0.05, 0.1) is 6.61 Å². The van der Waals surface area contributed by atoms with Crippen molar-refractivity contribution >= 4 is 29.2 Å². The lowest BCUT2D eigenvalue weighted by atomic mass is 10.0. The van der Waals surface area contributed by atoms with Gasteiger partial charge in [0.15, 0.2) is 0 Å². The Morgan fingerprint density at radius 3 is 2.63 bits per heavy atom. The van der Waals surface area contributed by atoms with Crippen LogP contribution in [0.2, 0.25) is 0 Å². The fraction of sp³-hybridized carbons (Fsp3) is 0.571. The van der Waals surface area contributed by atoms with E-state index < -0.39 is 0 Å². The molecule has 0 saturated carbocycles. The maximum Gasteiger partial charge on any atom is 0.305 e. The molecule has 0 aliphatic carbocycles. The summed E-state index contributed by atoms with van der Waals surface area (Å²) in [7, 11) is 0. The molecule has 1 aliphatic rings. The number of carbonyl (C=O) groups excluding carboxylic acids is 3. The number of hydrogen-bond donors (Lipinski definition) is 2. The highest BCUT2D eigenvalue weighted by molar-refractivity contribution is 5.95. The largest absolute Gasteiger partial charge is 0.466 e. The molecule has 1 aromatic carbocycles. The summed E-state index contributed by atoms with van der Waals surface area (Å²) in [6.45, 7) is 2.58. The van der Waals surface area contributed by atoms with E-state index in [0.29, 0.717) is 32.3 Å². The first-order valence-electron chi connectivity index (χ1n) is 9.96. The van der Waals surface area contributed by atoms with Gasteiger partial charge in [0.1, 0.15) is 0 Å². The van der Waals surface area contributed by atoms with Crippen LogP contribution in [0.1, 0.15) is 70.3 Å². The molecule has 2 rings (SSSR count). The number of benzene rings is 1. The number of ether oxygens (including phenoxy) is 1. The minimum Gasteiger partial charge on any atom is -0.466 e. The topological polar surface area (TPSA) is 84.5 Å². The summed E-state index contributed by atoms with van der Waals surface area (Å²) in [5, 5.41) is 5.75. The van der Waals surface area contributed by atoms with Crippen molar-refractivity contribution in [3.63, 3.8) is 0 Å². The van der Waals surface area contributed by atoms with Crippen LogP contribution in [0.15, 0.2) is 18.2 Å². The molecule has 6 heteroatoms. The highest BCUT2D eigenvalue weighted by Crippen LogP contribution is 2.25. The Kier molecular flexibility index (Phi) is 8.81. The van der Waals surface area contributed by atoms with E-state index in [9.17, 15) is 14.4 Å². The van der Waals surface area contributed by atoms with E-state index in [-0.39, 0.29) is 17.8 Å². The van der Waals surface area contributed by atoms with Crippen molar-refractivity contribution in [2.75, 3.05) is 17.2 Å². The molecule has 2 N–H and O–H groups in total. The van der Waals surface area contributed by atoms with Crippen LogP contribution in [0, 0.1) is 0 Å². The number of amides is 2. The van der Waals surface area contributed by atoms with Crippen molar-refractivity contribution < 1.29 is 19.1 Å². The second kappa shape index (κ2) is 11.4. The summed E-state index contributed by atoms with van der Waals surface area (Å²) >= 11 is 0. The molecule has 0 radical (unpaired) electrons. The van der Waals surface area contributed by atoms with Gasteiger partial charge in [0.25, 0.3) is 0 Å². The molecule has 27 heavy (non-hydrogen) atoms. The van der Waals surface area contributed by atoms with E-state index in [2.05, 4.69) is 17.6 Å². The monoisotopic (exact) mass is 374 g/mol. The van der Waals surface area contributed by atoms with Crippen LogP contribution in [0.4, 0.5) is 11.4 Å². The number of nitrogens with one attached hydrogen (secondary N) is 2. The summed E-state index contributed by atoms with van der Waals surface area (Å²) in [6, 6.07) is 5.57. The van der Waals surface area contributed by atoms with Crippen molar-refractivity contribution in [1.82, 2.24) is 0 Å². The Morgan fingerprint density at radius 1 is 1.07 bits per heavy atom. The average molecular weight is 374 g/mol. The molecule has 0 bridgehead atoms. The van der Waals surface area contributed by atoms with Gasteiger partial charge in [-0.05, 0) is 49.4 Å². The first-order chi connectivity index (χ1) is 13.1. The smallest absolute Gasteiger partial charge is 0.305 e. The average Bonchev–Trinajstić information content (AvgIpc) is 2.65. The van der Waals surface area contributed by atoms with Gasteiger partial charge in [-0.25, -0.2) is 0 Å². The van der Waals surface area contributed by atoms with Gasteiger partial charge in [-0.1, -0.05) is 26.2 Å². The molecular weight excluding hydrogens is 344 g/mol. The van der Waals surface area contributed by atoms with E-state index >= 15 is 0 Å². The van der Waals surface area contributed by atoms with Gasteiger partial charge in [0, 0.05) is 30.6 Å². The van der Waals surface area contributed by atoms with Gasteiger partial charge in [-0.3, -0.25) is 14.4 Å². The summed E-state index contributed by atoms with van der Waals surface area (Å²) < 4.78 is 5.11. The molecule has 0 spiro atoms. The Balaban J connectivity index is 1.57. The molecule has 2 amide bonds. The van der Waals surface area contributed by atoms with E-state index in [1.807, 2.05) is 18.2 Å². The number of fused-ring (bicyclic) bond motifs is 1. The van der Waals surface area contributed by atoms with Crippen molar-refractivity contribution in [1.29, 1.82) is 0 Å². The Morgan fingerprint density at radius 2 is 1.85 bits per heavy atom. The van der Waals surface area contributed by atoms with Crippen molar-refractivity contribution in [3.8, 4) is 0 Å². The maximum absolute atomic E-state index is 12.1. The SMILES string of the molecule is CCCCOC(=O)CCCCCCC(=O)Nc1ccc2c(c1)CCC(=O)N2. The molecule has 1 aliphatic heterocycles. The second-order valence-corrected chi connectivity index (χ2v) is 6.96. The predicted octanol–water partition coefficient (Wildman–Crippen LogP) is 4.19. The third kappa shape index (κ3) is 7.81. The molecule has 6 nitrogen and oxygen atoms in total. The van der Waals surface area contributed by atoms with Crippen LogP contribution >= 0.6 is 0 Å². The zero-order valence-corrected chi connectivity index (χ0v) is 16.1. The summed E-state index contributed by atoms with van der Waals surface area (Å²) in [5.74, 6) is -0.0907. The number of anilines is 2. The first kappa shape index (κ1) is 20.9. The first-order valence-corrected chi connectivity index (χ1v) is 9.96. The summed E-state index contributed by atoms with van der Waals surface area (Å²) in [4.78, 5) is 34.9. The molecule has 148 valence electrons. The molecule has 1 aromatic rings. The minimum atomic E-state index is -0.121. The fourth-order valence-electron chi connectivity index (χ4n) is 3.00. The normalized spacial score (nSPS) is 12.9. The van der Waals surface area contributed by atoms with Crippen molar-refractivity contribution in [2.45, 2.75) is 71.1 Å². The predicted molar refractivity (Wildman–Crippen MR) is 106 cm³/mol. The maximum atomic E-state index is 12.1. The number of unbranched alkanes of at least 4 members (excludes halogenated alkanes) is 4. The van der Waals surface area contributed by atoms with E-state index in [4.69, 9.17) is 4.74 Å². The Bertz CT molecular complexity index is 658. The second-order valence-electron chi connectivity index (χ2n) is 6.96. The number of carbonyl (C=O) groups is 3. The third-order valence-electron chi connectivity index (χ3n) is 4.58. The van der Waals surface area contributed by atoms with Gasteiger partial charge >= 0.3 is 5.97 Å². The standard InChI is InChI=1S/C21H30N2O4/c1-2-3-14-27-21(26)9-7-5-4-6-8-19(24)22-17-11-12-18-16(15-17)10-13-20(25)23-18/h11-12,15H,2-10,13-14H2,1H3,(H,22,24)(H,23,25). The van der Waals surface area contributed by atoms with Crippen LogP contribution in [0.3, 0.4) is 0 Å². The van der Waals surface area contributed by atoms with Crippen LogP contribution in [-0.2, 0) is 25.5 Å². The quantitative estimate of drug-likeness (QED) is 0.449. The molecule has 0 unspecified atom stereocenters. The molecule has 0 saturated heterocycles. The number of hydrogen-bond acceptors (Lipinski definition) is 4. The van der Waals surface area contributed by atoms with E-state index in [0.717, 1.165) is 55.5 Å². The number of rotatable bonds is 11. The Labute approximate surface area is 161 Å². The molecule has 0 fully saturated rings. The fourth-order valence-corrected chi connectivity index (χ4v) is 3.00. The lowest BCUT2D eigenvalue weighted by molar-refractivity contribution is -0.143. The van der Waals surface area contributed by atoms with Crippen LogP contribution in [-0.4, -0.2) is 24.4 Å². The number of esters is 1. The third-order valence-corrected chi connectivity index (χ3v) is 4.58. The lowest BCUT2D eigenvalue weighted by Crippen LogP contribution is -2.19. The van der Waals surface area contributed by atoms with Crippen molar-refractivity contribution in [3.05, 3.63) is 23.8 Å². The van der Waals surface area contributed by atoms with Gasteiger partial charge in [-0.2, -0.15) is 0 Å². The van der Waals surface area contributed by atoms with E-state index in [1.54, 1.807) is 0 Å². The number of aryl methyl sites for hydroxylation is 1. The van der Waals surface area contributed by atoms with Gasteiger partial charge < -0.3 is 15.4 Å². The minimum absolute atomic E-state index is 0.00577. The molecule has 0 atom stereocenters. The highest BCUT2D eigenvalue weighted by Gasteiger charge is 2.15. The zero-order chi connectivity index (χ0) is 19.5. The highest BCUT2D eigenvalue weighted by atomic mass is 16.5. The van der Waals surface area contributed by atoms with Gasteiger partial charge in [-0.15, -0.1) is 0 Å². The Hall–Kier alpha value is -2.37. The van der Waals surface area contributed by atoms with Crippen LogP contribution < -0.4 is 10.6 Å². The summed E-state index contributed by atoms with van der Waals surface area (Å²) in [6.07, 6.45) is 7.51.